The smallest absolute Gasteiger partial charge is 0.407 e. The lowest BCUT2D eigenvalue weighted by molar-refractivity contribution is -0.137. The highest BCUT2D eigenvalue weighted by Crippen LogP contribution is 2.68. The maximum atomic E-state index is 12.5. The number of allylic oxidation sites excluding steroid dienone is 4. The number of hydrogen-bond donors (Lipinski definition) is 1. The Balaban J connectivity index is 1.62. The summed E-state index contributed by atoms with van der Waals surface area (Å²) in [5.41, 5.74) is 0.980. The predicted molar refractivity (Wildman–Crippen MR) is 114 cm³/mol. The van der Waals surface area contributed by atoms with E-state index in [4.69, 9.17) is 4.74 Å². The standard InChI is InChI=1S/C25H35NO3/c1-4-16-26-22(28)29-25(15-17-27)14-11-21-19-9-8-18-7-5-6-12-23(18,2)20(19)10-13-24(21,25)3/h4,6-7,12,17,19-21H,1,5,8-11,13-16H2,2-3H3,(H,26,28)/t19-,20+,21+,23+,24+,25+/m1/s1. The second kappa shape index (κ2) is 7.45. The number of hydrogen-bond acceptors (Lipinski definition) is 3. The van der Waals surface area contributed by atoms with Crippen molar-refractivity contribution in [2.24, 2.45) is 28.6 Å². The maximum Gasteiger partial charge on any atom is 0.407 e. The highest BCUT2D eigenvalue weighted by atomic mass is 16.6. The Morgan fingerprint density at radius 2 is 2.07 bits per heavy atom. The molecule has 0 aromatic carbocycles. The molecule has 4 rings (SSSR count). The summed E-state index contributed by atoms with van der Waals surface area (Å²) in [6.45, 7) is 8.74. The molecule has 4 aliphatic rings. The van der Waals surface area contributed by atoms with Gasteiger partial charge in [-0.2, -0.15) is 0 Å². The molecule has 0 radical (unpaired) electrons. The van der Waals surface area contributed by atoms with Crippen LogP contribution >= 0.6 is 0 Å². The maximum absolute atomic E-state index is 12.5. The van der Waals surface area contributed by atoms with Gasteiger partial charge in [-0.15, -0.1) is 6.58 Å². The molecule has 0 aromatic heterocycles. The minimum absolute atomic E-state index is 0.142. The topological polar surface area (TPSA) is 55.4 Å². The first-order valence-electron chi connectivity index (χ1n) is 11.3. The zero-order valence-electron chi connectivity index (χ0n) is 17.9. The second-order valence-electron chi connectivity index (χ2n) is 9.98. The number of carbonyl (C=O) groups is 2. The molecule has 3 fully saturated rings. The molecule has 0 unspecified atom stereocenters. The average molecular weight is 398 g/mol. The van der Waals surface area contributed by atoms with E-state index in [9.17, 15) is 9.59 Å². The summed E-state index contributed by atoms with van der Waals surface area (Å²) in [4.78, 5) is 24.1. The van der Waals surface area contributed by atoms with Crippen LogP contribution in [0.15, 0.2) is 36.5 Å². The van der Waals surface area contributed by atoms with Gasteiger partial charge in [0, 0.05) is 23.8 Å². The zero-order valence-corrected chi connectivity index (χ0v) is 17.9. The molecule has 4 nitrogen and oxygen atoms in total. The monoisotopic (exact) mass is 397 g/mol. The van der Waals surface area contributed by atoms with Crippen LogP contribution < -0.4 is 5.32 Å². The van der Waals surface area contributed by atoms with Crippen LogP contribution in [-0.4, -0.2) is 24.5 Å². The number of alkyl carbamates (subject to hydrolysis) is 1. The number of amides is 1. The van der Waals surface area contributed by atoms with Gasteiger partial charge < -0.3 is 14.8 Å². The Morgan fingerprint density at radius 1 is 1.28 bits per heavy atom. The molecule has 0 saturated heterocycles. The largest absolute Gasteiger partial charge is 0.442 e. The summed E-state index contributed by atoms with van der Waals surface area (Å²) >= 11 is 0. The third-order valence-electron chi connectivity index (χ3n) is 8.99. The van der Waals surface area contributed by atoms with E-state index < -0.39 is 11.7 Å². The van der Waals surface area contributed by atoms with Gasteiger partial charge in [0.15, 0.2) is 0 Å². The van der Waals surface area contributed by atoms with Gasteiger partial charge in [0.1, 0.15) is 11.9 Å². The molecule has 1 amide bonds. The molecule has 0 aromatic rings. The quantitative estimate of drug-likeness (QED) is 0.502. The highest BCUT2D eigenvalue weighted by Gasteiger charge is 2.65. The molecule has 0 heterocycles. The summed E-state index contributed by atoms with van der Waals surface area (Å²) in [5, 5.41) is 2.74. The van der Waals surface area contributed by atoms with Crippen LogP contribution in [0.4, 0.5) is 4.79 Å². The van der Waals surface area contributed by atoms with Gasteiger partial charge in [0.25, 0.3) is 0 Å². The number of rotatable bonds is 5. The van der Waals surface area contributed by atoms with E-state index in [2.05, 4.69) is 44.0 Å². The van der Waals surface area contributed by atoms with E-state index in [0.29, 0.717) is 30.7 Å². The van der Waals surface area contributed by atoms with Crippen LogP contribution in [-0.2, 0) is 9.53 Å². The number of fused-ring (bicyclic) bond motifs is 5. The highest BCUT2D eigenvalue weighted by molar-refractivity contribution is 5.69. The molecule has 0 aliphatic heterocycles. The summed E-state index contributed by atoms with van der Waals surface area (Å²) in [6.07, 6.45) is 17.1. The van der Waals surface area contributed by atoms with Crippen LogP contribution in [0.3, 0.4) is 0 Å². The summed E-state index contributed by atoms with van der Waals surface area (Å²) in [6, 6.07) is 0. The lowest BCUT2D eigenvalue weighted by Gasteiger charge is -2.58. The number of ether oxygens (including phenoxy) is 1. The van der Waals surface area contributed by atoms with Crippen LogP contribution in [0.2, 0.25) is 0 Å². The van der Waals surface area contributed by atoms with E-state index in [1.807, 2.05) is 0 Å². The molecule has 1 N–H and O–H groups in total. The third-order valence-corrected chi connectivity index (χ3v) is 8.99. The fourth-order valence-electron chi connectivity index (χ4n) is 7.48. The Morgan fingerprint density at radius 3 is 2.83 bits per heavy atom. The van der Waals surface area contributed by atoms with Crippen LogP contribution in [0.25, 0.3) is 0 Å². The molecule has 6 atom stereocenters. The van der Waals surface area contributed by atoms with Crippen LogP contribution in [0.5, 0.6) is 0 Å². The van der Waals surface area contributed by atoms with E-state index in [1.54, 1.807) is 11.6 Å². The number of carbonyl (C=O) groups excluding carboxylic acids is 2. The van der Waals surface area contributed by atoms with Gasteiger partial charge in [0.05, 0.1) is 0 Å². The van der Waals surface area contributed by atoms with Crippen LogP contribution in [0.1, 0.15) is 65.2 Å². The van der Waals surface area contributed by atoms with Gasteiger partial charge in [-0.05, 0) is 62.7 Å². The lowest BCUT2D eigenvalue weighted by atomic mass is 9.47. The molecule has 3 saturated carbocycles. The Labute approximate surface area is 174 Å². The molecule has 4 heteroatoms. The molecule has 0 bridgehead atoms. The normalized spacial score (nSPS) is 42.7. The molecular formula is C25H35NO3. The van der Waals surface area contributed by atoms with Crippen molar-refractivity contribution in [3.8, 4) is 0 Å². The SMILES string of the molecule is C=CCNC(=O)O[C@]1(CC=O)CC[C@H]2[C@@H]3CCC4=CCC=C[C@]4(C)[C@H]3CC[C@@]21C. The van der Waals surface area contributed by atoms with Gasteiger partial charge in [0.2, 0.25) is 0 Å². The minimum Gasteiger partial charge on any atom is -0.442 e. The summed E-state index contributed by atoms with van der Waals surface area (Å²) < 4.78 is 6.07. The van der Waals surface area contributed by atoms with Gasteiger partial charge in [-0.3, -0.25) is 0 Å². The van der Waals surface area contributed by atoms with Gasteiger partial charge in [-0.25, -0.2) is 4.79 Å². The first-order chi connectivity index (χ1) is 13.9. The fourth-order valence-corrected chi connectivity index (χ4v) is 7.48. The number of aldehydes is 1. The van der Waals surface area contributed by atoms with Crippen molar-refractivity contribution < 1.29 is 14.3 Å². The van der Waals surface area contributed by atoms with E-state index in [-0.39, 0.29) is 10.8 Å². The third kappa shape index (κ3) is 3.02. The van der Waals surface area contributed by atoms with E-state index in [0.717, 1.165) is 38.4 Å². The Kier molecular flexibility index (Phi) is 5.25. The minimum atomic E-state index is -0.685. The van der Waals surface area contributed by atoms with Crippen molar-refractivity contribution in [3.05, 3.63) is 36.5 Å². The average Bonchev–Trinajstić information content (AvgIpc) is 2.98. The van der Waals surface area contributed by atoms with Gasteiger partial charge in [-0.1, -0.05) is 43.7 Å². The molecule has 158 valence electrons. The Bertz CT molecular complexity index is 755. The number of nitrogens with one attached hydrogen (secondary N) is 1. The molecular weight excluding hydrogens is 362 g/mol. The van der Waals surface area contributed by atoms with Crippen molar-refractivity contribution in [2.75, 3.05) is 6.54 Å². The first-order valence-corrected chi connectivity index (χ1v) is 11.3. The molecule has 0 spiro atoms. The van der Waals surface area contributed by atoms with Gasteiger partial charge >= 0.3 is 6.09 Å². The zero-order chi connectivity index (χ0) is 20.7. The molecule has 29 heavy (non-hydrogen) atoms. The second-order valence-corrected chi connectivity index (χ2v) is 9.98. The van der Waals surface area contributed by atoms with E-state index >= 15 is 0 Å². The molecule has 4 aliphatic carbocycles. The summed E-state index contributed by atoms with van der Waals surface area (Å²) in [5.74, 6) is 1.79. The van der Waals surface area contributed by atoms with Crippen molar-refractivity contribution in [1.82, 2.24) is 5.32 Å². The van der Waals surface area contributed by atoms with Crippen molar-refractivity contribution in [3.63, 3.8) is 0 Å². The van der Waals surface area contributed by atoms with Crippen molar-refractivity contribution >= 4 is 12.4 Å². The van der Waals surface area contributed by atoms with Crippen LogP contribution in [0, 0.1) is 28.6 Å². The fraction of sp³-hybridized carbons (Fsp3) is 0.680. The lowest BCUT2D eigenvalue weighted by Crippen LogP contribution is -2.56. The summed E-state index contributed by atoms with van der Waals surface area (Å²) in [7, 11) is 0. The first kappa shape index (κ1) is 20.4. The van der Waals surface area contributed by atoms with E-state index in [1.165, 1.54) is 12.8 Å². The van der Waals surface area contributed by atoms with Crippen molar-refractivity contribution in [2.45, 2.75) is 70.8 Å². The predicted octanol–water partition coefficient (Wildman–Crippen LogP) is 5.36. The Hall–Kier alpha value is -1.84. The van der Waals surface area contributed by atoms with Crippen molar-refractivity contribution in [1.29, 1.82) is 0 Å².